The third kappa shape index (κ3) is 2.87. The quantitative estimate of drug-likeness (QED) is 0.611. The van der Waals surface area contributed by atoms with Crippen molar-refractivity contribution in [3.05, 3.63) is 52.6 Å². The van der Waals surface area contributed by atoms with Crippen LogP contribution in [-0.2, 0) is 0 Å². The highest BCUT2D eigenvalue weighted by Gasteiger charge is 2.14. The fraction of sp³-hybridized carbons (Fsp3) is 0.0909. The van der Waals surface area contributed by atoms with Gasteiger partial charge in [-0.05, 0) is 78.2 Å². The van der Waals surface area contributed by atoms with Crippen LogP contribution in [0.1, 0.15) is 16.5 Å². The molecule has 0 spiro atoms. The van der Waals surface area contributed by atoms with Gasteiger partial charge in [0.05, 0.1) is 3.79 Å². The Hall–Kier alpha value is 0.570. The van der Waals surface area contributed by atoms with E-state index in [9.17, 15) is 5.11 Å². The van der Waals surface area contributed by atoms with Crippen molar-refractivity contribution in [3.8, 4) is 0 Å². The zero-order valence-corrected chi connectivity index (χ0v) is 14.1. The average Bonchev–Trinajstić information content (AvgIpc) is 2.59. The molecule has 1 atom stereocenters. The molecule has 2 rings (SSSR count). The van der Waals surface area contributed by atoms with Gasteiger partial charge in [0, 0.05) is 12.9 Å². The third-order valence-electron chi connectivity index (χ3n) is 2.12. The van der Waals surface area contributed by atoms with E-state index in [0.29, 0.717) is 0 Å². The van der Waals surface area contributed by atoms with Crippen molar-refractivity contribution in [3.63, 3.8) is 0 Å². The number of thiophene rings is 1. The van der Waals surface area contributed by atoms with E-state index in [4.69, 9.17) is 0 Å². The van der Waals surface area contributed by atoms with Gasteiger partial charge in [0.1, 0.15) is 6.10 Å². The molecule has 0 bridgehead atoms. The Balaban J connectivity index is 2.31. The summed E-state index contributed by atoms with van der Waals surface area (Å²) >= 11 is 10.6. The Morgan fingerprint density at radius 1 is 1.19 bits per heavy atom. The molecule has 2 aromatic rings. The van der Waals surface area contributed by atoms with Crippen LogP contribution in [0.3, 0.4) is 0 Å². The van der Waals surface area contributed by atoms with Crippen LogP contribution in [0.25, 0.3) is 0 Å². The maximum absolute atomic E-state index is 10.2. The highest BCUT2D eigenvalue weighted by molar-refractivity contribution is 14.1. The summed E-state index contributed by atoms with van der Waals surface area (Å²) in [5.41, 5.74) is 0.918. The Kier molecular flexibility index (Phi) is 4.45. The van der Waals surface area contributed by atoms with Crippen LogP contribution in [0.4, 0.5) is 0 Å². The van der Waals surface area contributed by atoms with Gasteiger partial charge in [0.25, 0.3) is 0 Å². The van der Waals surface area contributed by atoms with E-state index in [2.05, 4.69) is 54.5 Å². The zero-order chi connectivity index (χ0) is 11.7. The smallest absolute Gasteiger partial charge is 0.113 e. The standard InChI is InChI=1S/C11H7Br2IOS/c12-8-5-9(16-11(8)13)10(15)6-1-3-7(14)4-2-6/h1-5,10,15H. The third-order valence-corrected chi connectivity index (χ3v) is 6.15. The first-order chi connectivity index (χ1) is 7.58. The van der Waals surface area contributed by atoms with E-state index >= 15 is 0 Å². The van der Waals surface area contributed by atoms with Gasteiger partial charge < -0.3 is 5.11 Å². The Morgan fingerprint density at radius 3 is 2.31 bits per heavy atom. The normalized spacial score (nSPS) is 12.8. The van der Waals surface area contributed by atoms with Crippen molar-refractivity contribution >= 4 is 65.8 Å². The number of rotatable bonds is 2. The second kappa shape index (κ2) is 5.48. The van der Waals surface area contributed by atoms with Crippen molar-refractivity contribution < 1.29 is 5.11 Å². The molecule has 1 nitrogen and oxygen atoms in total. The molecular formula is C11H7Br2IOS. The van der Waals surface area contributed by atoms with E-state index in [1.807, 2.05) is 30.3 Å². The monoisotopic (exact) mass is 472 g/mol. The van der Waals surface area contributed by atoms with Crippen molar-refractivity contribution in [1.82, 2.24) is 0 Å². The fourth-order valence-electron chi connectivity index (χ4n) is 1.31. The molecule has 0 aliphatic heterocycles. The van der Waals surface area contributed by atoms with Gasteiger partial charge in [-0.3, -0.25) is 0 Å². The minimum atomic E-state index is -0.551. The zero-order valence-electron chi connectivity index (χ0n) is 7.95. The molecule has 1 N–H and O–H groups in total. The van der Waals surface area contributed by atoms with Crippen LogP contribution < -0.4 is 0 Å². The first kappa shape index (κ1) is 13.0. The van der Waals surface area contributed by atoms with Crippen LogP contribution in [-0.4, -0.2) is 5.11 Å². The summed E-state index contributed by atoms with van der Waals surface area (Å²) in [5.74, 6) is 0. The second-order valence-corrected chi connectivity index (χ2v) is 7.73. The lowest BCUT2D eigenvalue weighted by Crippen LogP contribution is -1.96. The maximum atomic E-state index is 10.2. The molecule has 5 heteroatoms. The number of aliphatic hydroxyl groups is 1. The highest BCUT2D eigenvalue weighted by Crippen LogP contribution is 2.37. The van der Waals surface area contributed by atoms with Gasteiger partial charge in [0.15, 0.2) is 0 Å². The highest BCUT2D eigenvalue weighted by atomic mass is 127. The average molecular weight is 474 g/mol. The lowest BCUT2D eigenvalue weighted by Gasteiger charge is -2.08. The molecule has 0 aliphatic carbocycles. The largest absolute Gasteiger partial charge is 0.383 e. The molecule has 16 heavy (non-hydrogen) atoms. The summed E-state index contributed by atoms with van der Waals surface area (Å²) < 4.78 is 3.16. The first-order valence-electron chi connectivity index (χ1n) is 4.46. The second-order valence-electron chi connectivity index (χ2n) is 3.22. The molecule has 0 radical (unpaired) electrons. The SMILES string of the molecule is OC(c1ccc(I)cc1)c1cc(Br)c(Br)s1. The molecular weight excluding hydrogens is 467 g/mol. The molecule has 0 fully saturated rings. The number of hydrogen-bond acceptors (Lipinski definition) is 2. The van der Waals surface area contributed by atoms with Gasteiger partial charge >= 0.3 is 0 Å². The van der Waals surface area contributed by atoms with Gasteiger partial charge in [-0.2, -0.15) is 0 Å². The molecule has 0 aliphatic rings. The molecule has 1 aromatic heterocycles. The van der Waals surface area contributed by atoms with Gasteiger partial charge in [-0.15, -0.1) is 11.3 Å². The summed E-state index contributed by atoms with van der Waals surface area (Å²) in [6, 6.07) is 9.84. The Bertz CT molecular complexity index is 476. The summed E-state index contributed by atoms with van der Waals surface area (Å²) in [6.45, 7) is 0. The summed E-state index contributed by atoms with van der Waals surface area (Å²) in [5, 5.41) is 10.2. The predicted molar refractivity (Wildman–Crippen MR) is 82.9 cm³/mol. The van der Waals surface area contributed by atoms with Crippen LogP contribution >= 0.6 is 65.8 Å². The number of benzene rings is 1. The Morgan fingerprint density at radius 2 is 1.81 bits per heavy atom. The molecule has 1 heterocycles. The van der Waals surface area contributed by atoms with E-state index in [1.54, 1.807) is 0 Å². The van der Waals surface area contributed by atoms with Gasteiger partial charge in [-0.25, -0.2) is 0 Å². The number of halogens is 3. The van der Waals surface area contributed by atoms with E-state index in [0.717, 1.165) is 18.7 Å². The van der Waals surface area contributed by atoms with E-state index in [1.165, 1.54) is 14.9 Å². The first-order valence-corrected chi connectivity index (χ1v) is 7.94. The fourth-order valence-corrected chi connectivity index (χ4v) is 3.77. The minimum absolute atomic E-state index is 0.551. The summed E-state index contributed by atoms with van der Waals surface area (Å²) in [6.07, 6.45) is -0.551. The predicted octanol–water partition coefficient (Wildman–Crippen LogP) is 4.96. The Labute approximate surface area is 128 Å². The van der Waals surface area contributed by atoms with Crippen LogP contribution in [0, 0.1) is 3.57 Å². The molecule has 1 unspecified atom stereocenters. The molecule has 0 saturated carbocycles. The number of aliphatic hydroxyl groups excluding tert-OH is 1. The van der Waals surface area contributed by atoms with Crippen LogP contribution in [0.5, 0.6) is 0 Å². The lowest BCUT2D eigenvalue weighted by atomic mass is 10.1. The topological polar surface area (TPSA) is 20.2 Å². The van der Waals surface area contributed by atoms with Crippen molar-refractivity contribution in [2.75, 3.05) is 0 Å². The number of hydrogen-bond donors (Lipinski definition) is 1. The molecule has 1 aromatic carbocycles. The van der Waals surface area contributed by atoms with E-state index < -0.39 is 6.10 Å². The van der Waals surface area contributed by atoms with Crippen molar-refractivity contribution in [2.24, 2.45) is 0 Å². The molecule has 0 saturated heterocycles. The van der Waals surface area contributed by atoms with Gasteiger partial charge in [-0.1, -0.05) is 12.1 Å². The van der Waals surface area contributed by atoms with Crippen molar-refractivity contribution in [2.45, 2.75) is 6.10 Å². The van der Waals surface area contributed by atoms with Crippen LogP contribution in [0.2, 0.25) is 0 Å². The van der Waals surface area contributed by atoms with Crippen molar-refractivity contribution in [1.29, 1.82) is 0 Å². The summed E-state index contributed by atoms with van der Waals surface area (Å²) in [7, 11) is 0. The minimum Gasteiger partial charge on any atom is -0.383 e. The van der Waals surface area contributed by atoms with Gasteiger partial charge in [0.2, 0.25) is 0 Å². The molecule has 84 valence electrons. The maximum Gasteiger partial charge on any atom is 0.113 e. The summed E-state index contributed by atoms with van der Waals surface area (Å²) in [4.78, 5) is 0.931. The van der Waals surface area contributed by atoms with Crippen LogP contribution in [0.15, 0.2) is 38.6 Å². The van der Waals surface area contributed by atoms with E-state index in [-0.39, 0.29) is 0 Å². The molecule has 0 amide bonds. The lowest BCUT2D eigenvalue weighted by molar-refractivity contribution is 0.224.